The van der Waals surface area contributed by atoms with Crippen molar-refractivity contribution >= 4 is 11.8 Å². The van der Waals surface area contributed by atoms with Gasteiger partial charge in [-0.25, -0.2) is 0 Å². The van der Waals surface area contributed by atoms with Crippen molar-refractivity contribution < 1.29 is 24.2 Å². The highest BCUT2D eigenvalue weighted by Crippen LogP contribution is 2.25. The van der Waals surface area contributed by atoms with Crippen LogP contribution in [0.2, 0.25) is 0 Å². The molecule has 6 nitrogen and oxygen atoms in total. The second kappa shape index (κ2) is 12.0. The number of pyridine rings is 1. The fraction of sp³-hybridized carbons (Fsp3) is 0.321. The van der Waals surface area contributed by atoms with Gasteiger partial charge in [0.15, 0.2) is 0 Å². The highest BCUT2D eigenvalue weighted by atomic mass is 16.5. The summed E-state index contributed by atoms with van der Waals surface area (Å²) in [6, 6.07) is 16.7. The molecule has 0 saturated carbocycles. The molecule has 1 atom stereocenters. The third-order valence-corrected chi connectivity index (χ3v) is 5.64. The summed E-state index contributed by atoms with van der Waals surface area (Å²) in [5.41, 5.74) is 3.98. The van der Waals surface area contributed by atoms with Gasteiger partial charge in [-0.1, -0.05) is 25.1 Å². The van der Waals surface area contributed by atoms with Crippen LogP contribution in [0.25, 0.3) is 0 Å². The molecule has 1 aromatic heterocycles. The third-order valence-electron chi connectivity index (χ3n) is 5.64. The van der Waals surface area contributed by atoms with Crippen LogP contribution in [0.3, 0.4) is 0 Å². The molecule has 1 heterocycles. The van der Waals surface area contributed by atoms with Gasteiger partial charge >= 0.3 is 5.97 Å². The van der Waals surface area contributed by atoms with Crippen LogP contribution in [0.1, 0.15) is 59.4 Å². The fourth-order valence-electron chi connectivity index (χ4n) is 3.61. The Morgan fingerprint density at radius 2 is 1.91 bits per heavy atom. The molecule has 0 aliphatic heterocycles. The van der Waals surface area contributed by atoms with Crippen molar-refractivity contribution in [2.45, 2.75) is 52.6 Å². The van der Waals surface area contributed by atoms with E-state index in [0.717, 1.165) is 28.9 Å². The van der Waals surface area contributed by atoms with E-state index in [0.29, 0.717) is 36.5 Å². The molecule has 34 heavy (non-hydrogen) atoms. The number of ether oxygens (including phenoxy) is 2. The van der Waals surface area contributed by atoms with Gasteiger partial charge in [-0.3, -0.25) is 14.6 Å². The molecule has 0 unspecified atom stereocenters. The number of carboxylic acids is 1. The molecule has 0 aliphatic carbocycles. The minimum Gasteiger partial charge on any atom is -0.493 e. The van der Waals surface area contributed by atoms with E-state index >= 15 is 0 Å². The molecule has 0 bridgehead atoms. The van der Waals surface area contributed by atoms with E-state index in [1.54, 1.807) is 24.4 Å². The van der Waals surface area contributed by atoms with Gasteiger partial charge in [0.25, 0.3) is 0 Å². The predicted octanol–water partition coefficient (Wildman–Crippen LogP) is 5.44. The molecule has 2 aromatic carbocycles. The molecule has 0 radical (unpaired) electrons. The van der Waals surface area contributed by atoms with Crippen LogP contribution in [-0.4, -0.2) is 34.6 Å². The summed E-state index contributed by atoms with van der Waals surface area (Å²) in [6.07, 6.45) is 3.51. The Balaban J connectivity index is 1.61. The van der Waals surface area contributed by atoms with E-state index in [1.807, 2.05) is 57.2 Å². The second-order valence-corrected chi connectivity index (χ2v) is 8.28. The maximum Gasteiger partial charge on any atom is 0.303 e. The second-order valence-electron chi connectivity index (χ2n) is 8.28. The number of ketones is 1. The van der Waals surface area contributed by atoms with Gasteiger partial charge < -0.3 is 14.6 Å². The average Bonchev–Trinajstić information content (AvgIpc) is 2.83. The summed E-state index contributed by atoms with van der Waals surface area (Å²) in [5, 5.41) is 8.87. The highest BCUT2D eigenvalue weighted by molar-refractivity contribution is 6.09. The number of rotatable bonds is 12. The van der Waals surface area contributed by atoms with Gasteiger partial charge in [0.05, 0.1) is 18.3 Å². The summed E-state index contributed by atoms with van der Waals surface area (Å²) in [7, 11) is 0. The molecular weight excluding hydrogens is 430 g/mol. The Bertz CT molecular complexity index is 1130. The summed E-state index contributed by atoms with van der Waals surface area (Å²) in [4.78, 5) is 28.0. The zero-order valence-corrected chi connectivity index (χ0v) is 19.9. The average molecular weight is 462 g/mol. The Labute approximate surface area is 200 Å². The van der Waals surface area contributed by atoms with Crippen molar-refractivity contribution in [1.29, 1.82) is 0 Å². The van der Waals surface area contributed by atoms with Crippen LogP contribution >= 0.6 is 0 Å². The number of carbonyl (C=O) groups excluding carboxylic acids is 1. The molecular formula is C28H31NO5. The molecule has 0 amide bonds. The van der Waals surface area contributed by atoms with Gasteiger partial charge in [0.1, 0.15) is 17.2 Å². The third kappa shape index (κ3) is 6.91. The van der Waals surface area contributed by atoms with Crippen molar-refractivity contribution in [3.8, 4) is 11.5 Å². The zero-order valence-electron chi connectivity index (χ0n) is 19.9. The number of nitrogens with zero attached hydrogens (tertiary/aromatic N) is 1. The molecule has 0 saturated heterocycles. The Morgan fingerprint density at radius 3 is 2.59 bits per heavy atom. The summed E-state index contributed by atoms with van der Waals surface area (Å²) in [5.74, 6) is 0.317. The van der Waals surface area contributed by atoms with E-state index in [-0.39, 0.29) is 18.3 Å². The minimum absolute atomic E-state index is 0.111. The lowest BCUT2D eigenvalue weighted by molar-refractivity contribution is -0.136. The lowest BCUT2D eigenvalue weighted by Crippen LogP contribution is -2.18. The lowest BCUT2D eigenvalue weighted by Gasteiger charge is -2.18. The first-order chi connectivity index (χ1) is 16.4. The first-order valence-corrected chi connectivity index (χ1v) is 11.6. The number of aryl methyl sites for hydroxylation is 3. The van der Waals surface area contributed by atoms with Crippen LogP contribution in [0.15, 0.2) is 60.8 Å². The zero-order chi connectivity index (χ0) is 24.5. The van der Waals surface area contributed by atoms with Gasteiger partial charge in [-0.15, -0.1) is 0 Å². The van der Waals surface area contributed by atoms with Crippen LogP contribution < -0.4 is 9.47 Å². The summed E-state index contributed by atoms with van der Waals surface area (Å²) in [6.45, 7) is 6.40. The number of aliphatic carboxylic acids is 1. The Kier molecular flexibility index (Phi) is 8.79. The lowest BCUT2D eigenvalue weighted by atomic mass is 10.0. The standard InChI is InChI=1S/C28H31NO5/c1-4-21-8-12-26(24(18-21)28(32)25-7-5-6-15-29-25)34-20(3)14-16-33-23-11-9-22(19(2)17-23)10-13-27(30)31/h5-9,11-12,15,17-18,20H,4,10,13-14,16H2,1-3H3,(H,30,31)/t20-/m1/s1. The van der Waals surface area contributed by atoms with Crippen molar-refractivity contribution in [1.82, 2.24) is 4.98 Å². The number of hydrogen-bond acceptors (Lipinski definition) is 5. The number of benzene rings is 2. The van der Waals surface area contributed by atoms with Gasteiger partial charge in [0.2, 0.25) is 5.78 Å². The largest absolute Gasteiger partial charge is 0.493 e. The first kappa shape index (κ1) is 25.0. The molecule has 3 aromatic rings. The van der Waals surface area contributed by atoms with Gasteiger partial charge in [-0.05, 0) is 79.8 Å². The SMILES string of the molecule is CCc1ccc(O[C@H](C)CCOc2ccc(CCC(=O)O)c(C)c2)c(C(=O)c2ccccn2)c1. The molecule has 178 valence electrons. The molecule has 0 fully saturated rings. The first-order valence-electron chi connectivity index (χ1n) is 11.6. The predicted molar refractivity (Wildman–Crippen MR) is 131 cm³/mol. The topological polar surface area (TPSA) is 85.7 Å². The molecule has 3 rings (SSSR count). The van der Waals surface area contributed by atoms with Crippen molar-refractivity contribution in [2.75, 3.05) is 6.61 Å². The normalized spacial score (nSPS) is 11.6. The van der Waals surface area contributed by atoms with E-state index in [9.17, 15) is 9.59 Å². The molecule has 1 N–H and O–H groups in total. The Hall–Kier alpha value is -3.67. The smallest absolute Gasteiger partial charge is 0.303 e. The summed E-state index contributed by atoms with van der Waals surface area (Å²) >= 11 is 0. The maximum absolute atomic E-state index is 13.1. The molecule has 0 aliphatic rings. The number of hydrogen-bond donors (Lipinski definition) is 1. The van der Waals surface area contributed by atoms with E-state index in [4.69, 9.17) is 14.6 Å². The van der Waals surface area contributed by atoms with Crippen molar-refractivity contribution in [3.63, 3.8) is 0 Å². The van der Waals surface area contributed by atoms with E-state index in [2.05, 4.69) is 4.98 Å². The minimum atomic E-state index is -0.803. The van der Waals surface area contributed by atoms with Crippen LogP contribution in [-0.2, 0) is 17.6 Å². The Morgan fingerprint density at radius 1 is 1.09 bits per heavy atom. The highest BCUT2D eigenvalue weighted by Gasteiger charge is 2.18. The van der Waals surface area contributed by atoms with E-state index < -0.39 is 5.97 Å². The fourth-order valence-corrected chi connectivity index (χ4v) is 3.61. The van der Waals surface area contributed by atoms with Crippen LogP contribution in [0.5, 0.6) is 11.5 Å². The van der Waals surface area contributed by atoms with Crippen LogP contribution in [0.4, 0.5) is 0 Å². The van der Waals surface area contributed by atoms with E-state index in [1.165, 1.54) is 0 Å². The monoisotopic (exact) mass is 461 g/mol. The number of carbonyl (C=O) groups is 2. The molecule has 6 heteroatoms. The summed E-state index contributed by atoms with van der Waals surface area (Å²) < 4.78 is 12.0. The van der Waals surface area contributed by atoms with Crippen molar-refractivity contribution in [3.05, 3.63) is 88.7 Å². The quantitative estimate of drug-likeness (QED) is 0.362. The van der Waals surface area contributed by atoms with Gasteiger partial charge in [0, 0.05) is 19.0 Å². The molecule has 0 spiro atoms. The van der Waals surface area contributed by atoms with Crippen LogP contribution in [0, 0.1) is 6.92 Å². The number of carboxylic acid groups (broad SMARTS) is 1. The maximum atomic E-state index is 13.1. The van der Waals surface area contributed by atoms with Gasteiger partial charge in [-0.2, -0.15) is 0 Å². The van der Waals surface area contributed by atoms with Crippen molar-refractivity contribution in [2.24, 2.45) is 0 Å². The number of aromatic nitrogens is 1.